The van der Waals surface area contributed by atoms with Crippen LogP contribution >= 0.6 is 12.4 Å². The van der Waals surface area contributed by atoms with Gasteiger partial charge in [0.05, 0.1) is 6.04 Å². The molecule has 3 N–H and O–H groups in total. The van der Waals surface area contributed by atoms with E-state index in [0.29, 0.717) is 6.04 Å². The second-order valence-corrected chi connectivity index (χ2v) is 5.51. The van der Waals surface area contributed by atoms with Gasteiger partial charge in [-0.3, -0.25) is 4.79 Å². The molecule has 1 rings (SSSR count). The molecule has 5 heteroatoms. The van der Waals surface area contributed by atoms with Gasteiger partial charge < -0.3 is 16.0 Å². The number of hydrogen-bond acceptors (Lipinski definition) is 3. The minimum absolute atomic E-state index is 0. The second-order valence-electron chi connectivity index (χ2n) is 5.51. The number of anilines is 2. The Bertz CT molecular complexity index is 435. The molecular weight excluding hydrogens is 274 g/mol. The van der Waals surface area contributed by atoms with Gasteiger partial charge in [0, 0.05) is 24.5 Å². The highest BCUT2D eigenvalue weighted by Gasteiger charge is 2.17. The molecule has 0 saturated heterocycles. The number of hydrogen-bond donors (Lipinski definition) is 2. The minimum Gasteiger partial charge on any atom is -0.372 e. The molecule has 0 fully saturated rings. The molecule has 1 amide bonds. The second kappa shape index (κ2) is 8.12. The van der Waals surface area contributed by atoms with E-state index in [4.69, 9.17) is 5.73 Å². The molecular formula is C15H26ClN3O. The number of nitrogens with two attached hydrogens (primary N) is 1. The first kappa shape index (κ1) is 18.7. The van der Waals surface area contributed by atoms with Crippen LogP contribution < -0.4 is 16.0 Å². The van der Waals surface area contributed by atoms with Crippen molar-refractivity contribution >= 4 is 29.7 Å². The molecule has 4 nitrogen and oxygen atoms in total. The summed E-state index contributed by atoms with van der Waals surface area (Å²) in [5.41, 5.74) is 7.69. The Balaban J connectivity index is 0.00000361. The van der Waals surface area contributed by atoms with Crippen molar-refractivity contribution in [1.29, 1.82) is 0 Å². The van der Waals surface area contributed by atoms with Gasteiger partial charge in [0.1, 0.15) is 0 Å². The van der Waals surface area contributed by atoms with Crippen molar-refractivity contribution in [2.45, 2.75) is 39.8 Å². The first-order valence-corrected chi connectivity index (χ1v) is 6.72. The standard InChI is InChI=1S/C15H25N3O.ClH/c1-10(2)14(16)15(19)17-12-7-6-8-13(9-12)18(5)11(3)4;/h6-11,14H,16H2,1-5H3,(H,17,19);1H/t14-;/m0./s1. The van der Waals surface area contributed by atoms with Crippen molar-refractivity contribution < 1.29 is 4.79 Å². The van der Waals surface area contributed by atoms with Crippen molar-refractivity contribution in [3.63, 3.8) is 0 Å². The Morgan fingerprint density at radius 1 is 1.25 bits per heavy atom. The highest BCUT2D eigenvalue weighted by atomic mass is 35.5. The van der Waals surface area contributed by atoms with E-state index < -0.39 is 6.04 Å². The Morgan fingerprint density at radius 3 is 2.35 bits per heavy atom. The van der Waals surface area contributed by atoms with Crippen LogP contribution in [0.2, 0.25) is 0 Å². The van der Waals surface area contributed by atoms with Crippen molar-refractivity contribution in [2.24, 2.45) is 11.7 Å². The van der Waals surface area contributed by atoms with Gasteiger partial charge in [-0.25, -0.2) is 0 Å². The lowest BCUT2D eigenvalue weighted by atomic mass is 10.0. The predicted molar refractivity (Wildman–Crippen MR) is 88.7 cm³/mol. The fourth-order valence-corrected chi connectivity index (χ4v) is 1.63. The molecule has 0 aromatic heterocycles. The number of carbonyl (C=O) groups excluding carboxylic acids is 1. The zero-order chi connectivity index (χ0) is 14.6. The summed E-state index contributed by atoms with van der Waals surface area (Å²) in [5, 5.41) is 2.87. The summed E-state index contributed by atoms with van der Waals surface area (Å²) < 4.78 is 0. The molecule has 0 heterocycles. The first-order chi connectivity index (χ1) is 8.82. The lowest BCUT2D eigenvalue weighted by Gasteiger charge is -2.24. The van der Waals surface area contributed by atoms with E-state index in [9.17, 15) is 4.79 Å². The normalized spacial score (nSPS) is 12.0. The molecule has 1 aromatic carbocycles. The zero-order valence-electron chi connectivity index (χ0n) is 12.9. The van der Waals surface area contributed by atoms with Crippen molar-refractivity contribution in [3.8, 4) is 0 Å². The van der Waals surface area contributed by atoms with E-state index in [1.165, 1.54) is 0 Å². The van der Waals surface area contributed by atoms with Gasteiger partial charge in [0.25, 0.3) is 0 Å². The third-order valence-electron chi connectivity index (χ3n) is 3.32. The van der Waals surface area contributed by atoms with Crippen LogP contribution in [0.1, 0.15) is 27.7 Å². The summed E-state index contributed by atoms with van der Waals surface area (Å²) in [7, 11) is 2.03. The van der Waals surface area contributed by atoms with Crippen LogP contribution in [0.5, 0.6) is 0 Å². The van der Waals surface area contributed by atoms with E-state index in [0.717, 1.165) is 11.4 Å². The summed E-state index contributed by atoms with van der Waals surface area (Å²) >= 11 is 0. The van der Waals surface area contributed by atoms with Crippen LogP contribution in [0.3, 0.4) is 0 Å². The molecule has 0 bridgehead atoms. The van der Waals surface area contributed by atoms with E-state index in [1.54, 1.807) is 0 Å². The SMILES string of the molecule is CC(C)[C@H](N)C(=O)Nc1cccc(N(C)C(C)C)c1.Cl. The quantitative estimate of drug-likeness (QED) is 0.879. The maximum absolute atomic E-state index is 11.9. The smallest absolute Gasteiger partial charge is 0.241 e. The molecule has 1 aromatic rings. The average Bonchev–Trinajstić information content (AvgIpc) is 2.36. The van der Waals surface area contributed by atoms with Crippen LogP contribution in [0.25, 0.3) is 0 Å². The lowest BCUT2D eigenvalue weighted by molar-refractivity contribution is -0.118. The van der Waals surface area contributed by atoms with Gasteiger partial charge in [-0.05, 0) is 38.0 Å². The summed E-state index contributed by atoms with van der Waals surface area (Å²) in [6, 6.07) is 7.73. The molecule has 0 saturated carbocycles. The van der Waals surface area contributed by atoms with Crippen LogP contribution in [-0.2, 0) is 4.79 Å². The van der Waals surface area contributed by atoms with Gasteiger partial charge in [-0.2, -0.15) is 0 Å². The zero-order valence-corrected chi connectivity index (χ0v) is 13.7. The van der Waals surface area contributed by atoms with E-state index in [-0.39, 0.29) is 24.2 Å². The highest BCUT2D eigenvalue weighted by Crippen LogP contribution is 2.20. The Morgan fingerprint density at radius 2 is 1.85 bits per heavy atom. The Labute approximate surface area is 128 Å². The largest absolute Gasteiger partial charge is 0.372 e. The molecule has 0 spiro atoms. The summed E-state index contributed by atoms with van der Waals surface area (Å²) in [4.78, 5) is 14.1. The monoisotopic (exact) mass is 299 g/mol. The van der Waals surface area contributed by atoms with Gasteiger partial charge >= 0.3 is 0 Å². The van der Waals surface area contributed by atoms with Gasteiger partial charge in [0.15, 0.2) is 0 Å². The molecule has 20 heavy (non-hydrogen) atoms. The molecule has 0 aliphatic rings. The summed E-state index contributed by atoms with van der Waals surface area (Å²) in [6.07, 6.45) is 0. The van der Waals surface area contributed by atoms with Crippen molar-refractivity contribution in [1.82, 2.24) is 0 Å². The van der Waals surface area contributed by atoms with Gasteiger partial charge in [0.2, 0.25) is 5.91 Å². The highest BCUT2D eigenvalue weighted by molar-refractivity contribution is 5.95. The number of carbonyl (C=O) groups is 1. The number of nitrogens with zero attached hydrogens (tertiary/aromatic N) is 1. The average molecular weight is 300 g/mol. The molecule has 114 valence electrons. The summed E-state index contributed by atoms with van der Waals surface area (Å²) in [5.74, 6) is -0.0131. The topological polar surface area (TPSA) is 58.4 Å². The van der Waals surface area contributed by atoms with Gasteiger partial charge in [-0.1, -0.05) is 19.9 Å². The van der Waals surface area contributed by atoms with E-state index >= 15 is 0 Å². The van der Waals surface area contributed by atoms with E-state index in [1.807, 2.05) is 45.2 Å². The third kappa shape index (κ3) is 5.02. The van der Waals surface area contributed by atoms with E-state index in [2.05, 4.69) is 24.1 Å². The van der Waals surface area contributed by atoms with Crippen LogP contribution in [0.15, 0.2) is 24.3 Å². The van der Waals surface area contributed by atoms with Crippen LogP contribution in [0, 0.1) is 5.92 Å². The molecule has 0 unspecified atom stereocenters. The maximum Gasteiger partial charge on any atom is 0.241 e. The fraction of sp³-hybridized carbons (Fsp3) is 0.533. The molecule has 0 aliphatic carbocycles. The number of rotatable bonds is 5. The number of benzene rings is 1. The molecule has 0 aliphatic heterocycles. The van der Waals surface area contributed by atoms with Crippen LogP contribution in [-0.4, -0.2) is 25.0 Å². The predicted octanol–water partition coefficient (Wildman–Crippen LogP) is 2.87. The Hall–Kier alpha value is -1.26. The van der Waals surface area contributed by atoms with Crippen molar-refractivity contribution in [3.05, 3.63) is 24.3 Å². The number of nitrogens with one attached hydrogen (secondary N) is 1. The van der Waals surface area contributed by atoms with Gasteiger partial charge in [-0.15, -0.1) is 12.4 Å². The maximum atomic E-state index is 11.9. The van der Waals surface area contributed by atoms with Crippen molar-refractivity contribution in [2.75, 3.05) is 17.3 Å². The molecule has 0 radical (unpaired) electrons. The Kier molecular flexibility index (Phi) is 7.61. The first-order valence-electron chi connectivity index (χ1n) is 6.72. The third-order valence-corrected chi connectivity index (χ3v) is 3.32. The minimum atomic E-state index is -0.480. The summed E-state index contributed by atoms with van der Waals surface area (Å²) in [6.45, 7) is 8.13. The van der Waals surface area contributed by atoms with Crippen LogP contribution in [0.4, 0.5) is 11.4 Å². The fourth-order valence-electron chi connectivity index (χ4n) is 1.63. The molecule has 1 atom stereocenters. The number of halogens is 1. The number of amides is 1. The lowest BCUT2D eigenvalue weighted by Crippen LogP contribution is -2.39.